The Hall–Kier alpha value is -1.62. The van der Waals surface area contributed by atoms with Gasteiger partial charge in [0.2, 0.25) is 0 Å². The number of aliphatic hydroxyl groups is 1. The number of carbonyl (C=O) groups is 1. The third-order valence-electron chi connectivity index (χ3n) is 5.59. The van der Waals surface area contributed by atoms with Gasteiger partial charge in [0.1, 0.15) is 0 Å². The fourth-order valence-corrected chi connectivity index (χ4v) is 3.45. The normalized spacial score (nSPS) is 18.5. The zero-order valence-electron chi connectivity index (χ0n) is 15.2. The van der Waals surface area contributed by atoms with E-state index >= 15 is 0 Å². The third kappa shape index (κ3) is 4.47. The highest BCUT2D eigenvalue weighted by Gasteiger charge is 2.34. The fourth-order valence-electron chi connectivity index (χ4n) is 3.45. The SMILES string of the molecule is CCC1(CO)CCN(C(=O)NCC(c2cccnc2)C(C)C)CC1. The van der Waals surface area contributed by atoms with E-state index in [1.54, 1.807) is 6.20 Å². The van der Waals surface area contributed by atoms with Crippen LogP contribution in [0.2, 0.25) is 0 Å². The molecule has 134 valence electrons. The number of likely N-dealkylation sites (tertiary alicyclic amines) is 1. The number of nitrogens with zero attached hydrogens (tertiary/aromatic N) is 2. The number of piperidine rings is 1. The van der Waals surface area contributed by atoms with Crippen LogP contribution < -0.4 is 5.32 Å². The van der Waals surface area contributed by atoms with Crippen molar-refractivity contribution in [2.24, 2.45) is 11.3 Å². The Morgan fingerprint density at radius 2 is 2.12 bits per heavy atom. The van der Waals surface area contributed by atoms with E-state index in [2.05, 4.69) is 37.1 Å². The Morgan fingerprint density at radius 3 is 2.62 bits per heavy atom. The highest BCUT2D eigenvalue weighted by atomic mass is 16.3. The monoisotopic (exact) mass is 333 g/mol. The minimum atomic E-state index is 0.00665. The summed E-state index contributed by atoms with van der Waals surface area (Å²) in [4.78, 5) is 18.6. The molecule has 0 radical (unpaired) electrons. The van der Waals surface area contributed by atoms with Gasteiger partial charge in [0.15, 0.2) is 0 Å². The van der Waals surface area contributed by atoms with Crippen molar-refractivity contribution in [3.63, 3.8) is 0 Å². The van der Waals surface area contributed by atoms with Crippen LogP contribution in [-0.2, 0) is 0 Å². The van der Waals surface area contributed by atoms with Crippen LogP contribution in [0, 0.1) is 11.3 Å². The van der Waals surface area contributed by atoms with Crippen LogP contribution in [0.4, 0.5) is 4.79 Å². The number of aliphatic hydroxyl groups excluding tert-OH is 1. The third-order valence-corrected chi connectivity index (χ3v) is 5.59. The number of amides is 2. The summed E-state index contributed by atoms with van der Waals surface area (Å²) < 4.78 is 0. The van der Waals surface area contributed by atoms with E-state index in [4.69, 9.17) is 0 Å². The molecule has 1 aromatic rings. The van der Waals surface area contributed by atoms with Crippen molar-refractivity contribution >= 4 is 6.03 Å². The number of urea groups is 1. The average Bonchev–Trinajstić information content (AvgIpc) is 2.62. The van der Waals surface area contributed by atoms with E-state index < -0.39 is 0 Å². The quantitative estimate of drug-likeness (QED) is 0.841. The predicted molar refractivity (Wildman–Crippen MR) is 95.8 cm³/mol. The van der Waals surface area contributed by atoms with Crippen LogP contribution in [0.3, 0.4) is 0 Å². The topological polar surface area (TPSA) is 65.5 Å². The van der Waals surface area contributed by atoms with E-state index in [1.165, 1.54) is 0 Å². The maximum Gasteiger partial charge on any atom is 0.317 e. The standard InChI is InChI=1S/C19H31N3O2/c1-4-19(14-23)7-10-22(11-8-19)18(24)21-13-17(15(2)3)16-6-5-9-20-12-16/h5-6,9,12,15,17,23H,4,7-8,10-11,13-14H2,1-3H3,(H,21,24). The van der Waals surface area contributed by atoms with Crippen LogP contribution in [0.15, 0.2) is 24.5 Å². The summed E-state index contributed by atoms with van der Waals surface area (Å²) in [6.07, 6.45) is 6.38. The van der Waals surface area contributed by atoms with Gasteiger partial charge in [-0.2, -0.15) is 0 Å². The van der Waals surface area contributed by atoms with E-state index in [0.717, 1.165) is 37.9 Å². The molecule has 1 fully saturated rings. The largest absolute Gasteiger partial charge is 0.396 e. The van der Waals surface area contributed by atoms with Crippen molar-refractivity contribution < 1.29 is 9.90 Å². The van der Waals surface area contributed by atoms with Gasteiger partial charge in [0, 0.05) is 44.6 Å². The summed E-state index contributed by atoms with van der Waals surface area (Å²) >= 11 is 0. The Balaban J connectivity index is 1.88. The van der Waals surface area contributed by atoms with Gasteiger partial charge >= 0.3 is 6.03 Å². The molecule has 2 heterocycles. The first-order valence-corrected chi connectivity index (χ1v) is 9.05. The van der Waals surface area contributed by atoms with Crippen LogP contribution in [0.1, 0.15) is 51.5 Å². The van der Waals surface area contributed by atoms with Crippen molar-refractivity contribution in [1.29, 1.82) is 0 Å². The fraction of sp³-hybridized carbons (Fsp3) is 0.684. The van der Waals surface area contributed by atoms with Gasteiger partial charge in [-0.05, 0) is 42.2 Å². The number of aromatic nitrogens is 1. The summed E-state index contributed by atoms with van der Waals surface area (Å²) in [6.45, 7) is 8.74. The first-order chi connectivity index (χ1) is 11.5. The zero-order chi connectivity index (χ0) is 17.6. The maximum absolute atomic E-state index is 12.5. The summed E-state index contributed by atoms with van der Waals surface area (Å²) in [5.41, 5.74) is 1.17. The molecule has 1 unspecified atom stereocenters. The van der Waals surface area contributed by atoms with Crippen molar-refractivity contribution in [3.05, 3.63) is 30.1 Å². The summed E-state index contributed by atoms with van der Waals surface area (Å²) in [6, 6.07) is 4.02. The van der Waals surface area contributed by atoms with Gasteiger partial charge in [-0.1, -0.05) is 26.8 Å². The lowest BCUT2D eigenvalue weighted by molar-refractivity contribution is 0.0519. The second-order valence-electron chi connectivity index (χ2n) is 7.32. The van der Waals surface area contributed by atoms with Gasteiger partial charge in [0.25, 0.3) is 0 Å². The first kappa shape index (κ1) is 18.7. The molecule has 1 atom stereocenters. The molecule has 5 nitrogen and oxygen atoms in total. The van der Waals surface area contributed by atoms with Crippen molar-refractivity contribution in [2.45, 2.75) is 46.0 Å². The zero-order valence-corrected chi connectivity index (χ0v) is 15.2. The van der Waals surface area contributed by atoms with E-state index in [1.807, 2.05) is 17.2 Å². The summed E-state index contributed by atoms with van der Waals surface area (Å²) in [5.74, 6) is 0.692. The van der Waals surface area contributed by atoms with Gasteiger partial charge in [-0.15, -0.1) is 0 Å². The number of nitrogens with one attached hydrogen (secondary N) is 1. The Morgan fingerprint density at radius 1 is 1.42 bits per heavy atom. The Kier molecular flexibility index (Phi) is 6.60. The highest BCUT2D eigenvalue weighted by Crippen LogP contribution is 2.34. The molecule has 0 aromatic carbocycles. The lowest BCUT2D eigenvalue weighted by atomic mass is 9.77. The van der Waals surface area contributed by atoms with Crippen molar-refractivity contribution in [2.75, 3.05) is 26.2 Å². The summed E-state index contributed by atoms with van der Waals surface area (Å²) in [5, 5.41) is 12.7. The number of hydrogen-bond acceptors (Lipinski definition) is 3. The molecule has 0 aliphatic carbocycles. The van der Waals surface area contributed by atoms with Gasteiger partial charge < -0.3 is 15.3 Å². The number of rotatable bonds is 6. The lowest BCUT2D eigenvalue weighted by Crippen LogP contribution is -2.49. The molecule has 2 N–H and O–H groups in total. The molecule has 1 aliphatic heterocycles. The van der Waals surface area contributed by atoms with Crippen molar-refractivity contribution in [3.8, 4) is 0 Å². The molecule has 2 rings (SSSR count). The minimum Gasteiger partial charge on any atom is -0.396 e. The Bertz CT molecular complexity index is 505. The average molecular weight is 333 g/mol. The number of hydrogen-bond donors (Lipinski definition) is 2. The molecular formula is C19H31N3O2. The van der Waals surface area contributed by atoms with Crippen molar-refractivity contribution in [1.82, 2.24) is 15.2 Å². The second kappa shape index (κ2) is 8.47. The smallest absolute Gasteiger partial charge is 0.317 e. The van der Waals surface area contributed by atoms with E-state index in [9.17, 15) is 9.90 Å². The van der Waals surface area contributed by atoms with Crippen LogP contribution in [-0.4, -0.2) is 47.3 Å². The molecule has 1 saturated heterocycles. The molecule has 2 amide bonds. The molecule has 0 saturated carbocycles. The Labute approximate surface area is 145 Å². The molecule has 5 heteroatoms. The van der Waals surface area contributed by atoms with E-state index in [-0.39, 0.29) is 24.0 Å². The molecule has 24 heavy (non-hydrogen) atoms. The maximum atomic E-state index is 12.5. The number of carbonyl (C=O) groups excluding carboxylic acids is 1. The van der Waals surface area contributed by atoms with E-state index in [0.29, 0.717) is 12.5 Å². The molecule has 0 bridgehead atoms. The number of pyridine rings is 1. The molecule has 1 aliphatic rings. The lowest BCUT2D eigenvalue weighted by Gasteiger charge is -2.40. The molecular weight excluding hydrogens is 302 g/mol. The van der Waals surface area contributed by atoms with Crippen LogP contribution in [0.25, 0.3) is 0 Å². The van der Waals surface area contributed by atoms with Gasteiger partial charge in [-0.3, -0.25) is 4.98 Å². The second-order valence-corrected chi connectivity index (χ2v) is 7.32. The van der Waals surface area contributed by atoms with Crippen LogP contribution >= 0.6 is 0 Å². The predicted octanol–water partition coefficient (Wildman–Crippen LogP) is 3.02. The van der Waals surface area contributed by atoms with Crippen LogP contribution in [0.5, 0.6) is 0 Å². The summed E-state index contributed by atoms with van der Waals surface area (Å²) in [7, 11) is 0. The van der Waals surface area contributed by atoms with Gasteiger partial charge in [-0.25, -0.2) is 4.79 Å². The van der Waals surface area contributed by atoms with Gasteiger partial charge in [0.05, 0.1) is 0 Å². The highest BCUT2D eigenvalue weighted by molar-refractivity contribution is 5.74. The molecule has 1 aromatic heterocycles. The first-order valence-electron chi connectivity index (χ1n) is 9.05. The minimum absolute atomic E-state index is 0.00665. The molecule has 0 spiro atoms.